The minimum absolute atomic E-state index is 0.0308. The largest absolute Gasteiger partial charge is 0.400 e. The number of rotatable bonds is 10. The van der Waals surface area contributed by atoms with E-state index in [2.05, 4.69) is 118 Å². The van der Waals surface area contributed by atoms with Gasteiger partial charge in [-0.05, 0) is 41.2 Å². The average molecular weight is 471 g/mol. The standard InChI is InChI=1S/C30H38N2OSi/c1-30(2,3)34(4,5)33-29(22-31)28(21-25-15-9-6-10-16-25)32(23-26-17-11-7-12-18-26)24-27-19-13-8-14-20-27/h6-20,28-29H,21,23-24H2,1-5H3/t28-,29-/m0/s1. The van der Waals surface area contributed by atoms with Crippen LogP contribution < -0.4 is 0 Å². The zero-order valence-corrected chi connectivity index (χ0v) is 22.2. The van der Waals surface area contributed by atoms with Gasteiger partial charge >= 0.3 is 0 Å². The summed E-state index contributed by atoms with van der Waals surface area (Å²) in [6.45, 7) is 12.7. The lowest BCUT2D eigenvalue weighted by Crippen LogP contribution is -2.51. The van der Waals surface area contributed by atoms with Crippen molar-refractivity contribution in [3.05, 3.63) is 108 Å². The molecular formula is C30H38N2OSi. The van der Waals surface area contributed by atoms with Crippen LogP contribution in [0.4, 0.5) is 0 Å². The molecule has 3 aromatic carbocycles. The molecule has 0 fully saturated rings. The summed E-state index contributed by atoms with van der Waals surface area (Å²) < 4.78 is 6.78. The predicted octanol–water partition coefficient (Wildman–Crippen LogP) is 7.21. The monoisotopic (exact) mass is 470 g/mol. The van der Waals surface area contributed by atoms with Crippen molar-refractivity contribution in [2.45, 2.75) is 70.6 Å². The van der Waals surface area contributed by atoms with Crippen LogP contribution in [0.5, 0.6) is 0 Å². The minimum Gasteiger partial charge on any atom is -0.400 e. The molecule has 4 heteroatoms. The van der Waals surface area contributed by atoms with Crippen molar-refractivity contribution in [3.8, 4) is 6.07 Å². The Hall–Kier alpha value is -2.71. The normalized spacial score (nSPS) is 13.9. The van der Waals surface area contributed by atoms with Crippen molar-refractivity contribution < 1.29 is 4.43 Å². The van der Waals surface area contributed by atoms with Crippen LogP contribution in [0, 0.1) is 11.3 Å². The molecule has 3 aromatic rings. The van der Waals surface area contributed by atoms with Gasteiger partial charge in [-0.15, -0.1) is 0 Å². The van der Waals surface area contributed by atoms with Crippen molar-refractivity contribution in [1.82, 2.24) is 4.90 Å². The number of hydrogen-bond donors (Lipinski definition) is 0. The Balaban J connectivity index is 2.01. The maximum atomic E-state index is 10.4. The molecule has 34 heavy (non-hydrogen) atoms. The van der Waals surface area contributed by atoms with Crippen LogP contribution in [0.15, 0.2) is 91.0 Å². The van der Waals surface area contributed by atoms with Gasteiger partial charge in [-0.2, -0.15) is 5.26 Å². The molecule has 0 heterocycles. The number of nitrogens with zero attached hydrogens (tertiary/aromatic N) is 2. The predicted molar refractivity (Wildman–Crippen MR) is 144 cm³/mol. The molecule has 3 nitrogen and oxygen atoms in total. The van der Waals surface area contributed by atoms with Crippen LogP contribution >= 0.6 is 0 Å². The van der Waals surface area contributed by atoms with E-state index in [0.29, 0.717) is 0 Å². The van der Waals surface area contributed by atoms with E-state index >= 15 is 0 Å². The van der Waals surface area contributed by atoms with Crippen LogP contribution in [0.1, 0.15) is 37.5 Å². The van der Waals surface area contributed by atoms with E-state index in [1.807, 2.05) is 18.2 Å². The summed E-state index contributed by atoms with van der Waals surface area (Å²) in [5, 5.41) is 10.4. The van der Waals surface area contributed by atoms with Crippen molar-refractivity contribution in [3.63, 3.8) is 0 Å². The Bertz CT molecular complexity index is 998. The van der Waals surface area contributed by atoms with Crippen molar-refractivity contribution in [2.24, 2.45) is 0 Å². The molecule has 0 amide bonds. The van der Waals surface area contributed by atoms with Crippen LogP contribution in [0.2, 0.25) is 18.1 Å². The van der Waals surface area contributed by atoms with E-state index < -0.39 is 14.4 Å². The van der Waals surface area contributed by atoms with Crippen LogP contribution in [-0.2, 0) is 23.9 Å². The van der Waals surface area contributed by atoms with Gasteiger partial charge < -0.3 is 4.43 Å². The van der Waals surface area contributed by atoms with E-state index in [9.17, 15) is 5.26 Å². The van der Waals surface area contributed by atoms with Gasteiger partial charge in [0.05, 0.1) is 12.1 Å². The van der Waals surface area contributed by atoms with Crippen molar-refractivity contribution in [2.75, 3.05) is 0 Å². The zero-order valence-electron chi connectivity index (χ0n) is 21.2. The molecule has 0 spiro atoms. The molecule has 0 N–H and O–H groups in total. The molecule has 0 aliphatic heterocycles. The highest BCUT2D eigenvalue weighted by Gasteiger charge is 2.42. The van der Waals surface area contributed by atoms with E-state index in [4.69, 9.17) is 4.43 Å². The first-order valence-electron chi connectivity index (χ1n) is 12.1. The summed E-state index contributed by atoms with van der Waals surface area (Å²) >= 11 is 0. The molecule has 3 rings (SSSR count). The highest BCUT2D eigenvalue weighted by Crippen LogP contribution is 2.38. The van der Waals surface area contributed by atoms with Crippen LogP contribution in [0.25, 0.3) is 0 Å². The van der Waals surface area contributed by atoms with Gasteiger partial charge in [0.25, 0.3) is 0 Å². The second-order valence-electron chi connectivity index (χ2n) is 10.6. The Morgan fingerprint density at radius 1 is 0.765 bits per heavy atom. The van der Waals surface area contributed by atoms with Crippen LogP contribution in [0.3, 0.4) is 0 Å². The Labute approximate surface area is 207 Å². The maximum absolute atomic E-state index is 10.4. The smallest absolute Gasteiger partial charge is 0.193 e. The van der Waals surface area contributed by atoms with E-state index in [1.165, 1.54) is 16.7 Å². The van der Waals surface area contributed by atoms with E-state index in [0.717, 1.165) is 19.5 Å². The minimum atomic E-state index is -2.15. The van der Waals surface area contributed by atoms with Crippen molar-refractivity contribution in [1.29, 1.82) is 5.26 Å². The molecule has 0 aromatic heterocycles. The van der Waals surface area contributed by atoms with Gasteiger partial charge in [0.15, 0.2) is 8.32 Å². The number of benzene rings is 3. The molecule has 0 bridgehead atoms. The van der Waals surface area contributed by atoms with Gasteiger partial charge in [0.1, 0.15) is 6.10 Å². The third-order valence-electron chi connectivity index (χ3n) is 6.92. The molecule has 178 valence electrons. The third-order valence-corrected chi connectivity index (χ3v) is 11.4. The van der Waals surface area contributed by atoms with E-state index in [-0.39, 0.29) is 11.1 Å². The molecule has 0 aliphatic rings. The number of nitriles is 1. The third kappa shape index (κ3) is 7.14. The van der Waals surface area contributed by atoms with Gasteiger partial charge in [0.2, 0.25) is 0 Å². The highest BCUT2D eigenvalue weighted by atomic mass is 28.4. The average Bonchev–Trinajstić information content (AvgIpc) is 2.82. The summed E-state index contributed by atoms with van der Waals surface area (Å²) in [6.07, 6.45) is 0.237. The lowest BCUT2D eigenvalue weighted by Gasteiger charge is -2.42. The highest BCUT2D eigenvalue weighted by molar-refractivity contribution is 6.74. The summed E-state index contributed by atoms with van der Waals surface area (Å²) in [5.41, 5.74) is 3.69. The SMILES string of the molecule is CC(C)(C)[Si](C)(C)O[C@@H](C#N)[C@H](Cc1ccccc1)N(Cc1ccccc1)Cc1ccccc1. The molecule has 0 radical (unpaired) electrons. The van der Waals surface area contributed by atoms with Gasteiger partial charge in [-0.25, -0.2) is 0 Å². The van der Waals surface area contributed by atoms with Gasteiger partial charge in [-0.1, -0.05) is 112 Å². The first-order valence-corrected chi connectivity index (χ1v) is 15.0. The van der Waals surface area contributed by atoms with Gasteiger partial charge in [-0.3, -0.25) is 4.90 Å². The fourth-order valence-electron chi connectivity index (χ4n) is 3.89. The summed E-state index contributed by atoms with van der Waals surface area (Å²) in [5.74, 6) is 0. The quantitative estimate of drug-likeness (QED) is 0.294. The summed E-state index contributed by atoms with van der Waals surface area (Å²) in [6, 6.07) is 34.0. The first-order chi connectivity index (χ1) is 16.2. The molecule has 0 aliphatic carbocycles. The van der Waals surface area contributed by atoms with Gasteiger partial charge in [0, 0.05) is 13.1 Å². The summed E-state index contributed by atoms with van der Waals surface area (Å²) in [4.78, 5) is 2.43. The lowest BCUT2D eigenvalue weighted by molar-refractivity contribution is 0.0769. The Morgan fingerprint density at radius 3 is 1.56 bits per heavy atom. The molecule has 0 saturated carbocycles. The fraction of sp³-hybridized carbons (Fsp3) is 0.367. The second kappa shape index (κ2) is 11.6. The van der Waals surface area contributed by atoms with Crippen LogP contribution in [-0.4, -0.2) is 25.4 Å². The Morgan fingerprint density at radius 2 is 1.18 bits per heavy atom. The molecule has 0 saturated heterocycles. The topological polar surface area (TPSA) is 36.3 Å². The first kappa shape index (κ1) is 25.9. The maximum Gasteiger partial charge on any atom is 0.193 e. The Kier molecular flexibility index (Phi) is 8.85. The lowest BCUT2D eigenvalue weighted by atomic mass is 9.98. The molecule has 0 unspecified atom stereocenters. The van der Waals surface area contributed by atoms with Crippen molar-refractivity contribution >= 4 is 8.32 Å². The molecule has 2 atom stereocenters. The fourth-order valence-corrected chi connectivity index (χ4v) is 5.09. The summed E-state index contributed by atoms with van der Waals surface area (Å²) in [7, 11) is -2.15. The second-order valence-corrected chi connectivity index (χ2v) is 15.3. The van der Waals surface area contributed by atoms with E-state index in [1.54, 1.807) is 0 Å². The molecular weight excluding hydrogens is 432 g/mol. The zero-order chi connectivity index (χ0) is 24.6. The number of hydrogen-bond acceptors (Lipinski definition) is 3.